The van der Waals surface area contributed by atoms with Crippen LogP contribution in [-0.2, 0) is 28.5 Å². The molecule has 0 aliphatic heterocycles. The summed E-state index contributed by atoms with van der Waals surface area (Å²) in [7, 11) is 0. The Morgan fingerprint density at radius 1 is 1.04 bits per heavy atom. The molecular weight excluding hydrogens is 342 g/mol. The Balaban J connectivity index is 2.75. The Kier molecular flexibility index (Phi) is 7.18. The van der Waals surface area contributed by atoms with E-state index in [0.29, 0.717) is 6.08 Å². The van der Waals surface area contributed by atoms with Crippen molar-refractivity contribution >= 4 is 11.9 Å². The Hall–Kier alpha value is -2.34. The number of esters is 2. The second kappa shape index (κ2) is 8.67. The van der Waals surface area contributed by atoms with Gasteiger partial charge in [-0.2, -0.15) is 0 Å². The highest BCUT2D eigenvalue weighted by molar-refractivity contribution is 5.66. The third-order valence-electron chi connectivity index (χ3n) is 2.89. The SMILES string of the molecule is CC(=O)OCCOC1(O)C=CC(O)(OCCOC(C)=O)C([N+](=O)[O-])=C1. The molecular formula is C14H19NO10. The van der Waals surface area contributed by atoms with Crippen LogP contribution in [0.4, 0.5) is 0 Å². The topological polar surface area (TPSA) is 155 Å². The normalized spacial score (nSPS) is 25.2. The van der Waals surface area contributed by atoms with Crippen LogP contribution < -0.4 is 0 Å². The Labute approximate surface area is 142 Å². The summed E-state index contributed by atoms with van der Waals surface area (Å²) in [6, 6.07) is 0. The maximum absolute atomic E-state index is 11.2. The van der Waals surface area contributed by atoms with Gasteiger partial charge in [0.25, 0.3) is 5.79 Å². The molecule has 25 heavy (non-hydrogen) atoms. The van der Waals surface area contributed by atoms with Crippen molar-refractivity contribution in [3.05, 3.63) is 34.0 Å². The van der Waals surface area contributed by atoms with Crippen LogP contribution in [0.25, 0.3) is 0 Å². The molecule has 0 bridgehead atoms. The van der Waals surface area contributed by atoms with Crippen molar-refractivity contribution in [2.75, 3.05) is 26.4 Å². The van der Waals surface area contributed by atoms with E-state index < -0.39 is 34.1 Å². The largest absolute Gasteiger partial charge is 0.463 e. The fourth-order valence-corrected chi connectivity index (χ4v) is 1.83. The van der Waals surface area contributed by atoms with E-state index in [9.17, 15) is 29.9 Å². The molecule has 2 atom stereocenters. The number of nitro groups is 1. The lowest BCUT2D eigenvalue weighted by molar-refractivity contribution is -0.460. The minimum atomic E-state index is -2.44. The average molecular weight is 361 g/mol. The Morgan fingerprint density at radius 2 is 1.56 bits per heavy atom. The van der Waals surface area contributed by atoms with Crippen LogP contribution in [0.15, 0.2) is 23.9 Å². The van der Waals surface area contributed by atoms with Gasteiger partial charge in [0, 0.05) is 13.8 Å². The second-order valence-electron chi connectivity index (χ2n) is 4.95. The van der Waals surface area contributed by atoms with Crippen LogP contribution in [0.3, 0.4) is 0 Å². The van der Waals surface area contributed by atoms with Gasteiger partial charge in [0.1, 0.15) is 13.2 Å². The number of hydrogen-bond acceptors (Lipinski definition) is 10. The molecule has 0 amide bonds. The van der Waals surface area contributed by atoms with Gasteiger partial charge in [0.15, 0.2) is 0 Å². The van der Waals surface area contributed by atoms with E-state index in [1.807, 2.05) is 0 Å². The van der Waals surface area contributed by atoms with E-state index in [2.05, 4.69) is 9.47 Å². The zero-order chi connectivity index (χ0) is 19.1. The molecule has 0 saturated heterocycles. The molecule has 0 aromatic carbocycles. The zero-order valence-corrected chi connectivity index (χ0v) is 13.7. The van der Waals surface area contributed by atoms with Gasteiger partial charge < -0.3 is 29.2 Å². The minimum absolute atomic E-state index is 0.170. The van der Waals surface area contributed by atoms with Crippen LogP contribution in [0.2, 0.25) is 0 Å². The summed E-state index contributed by atoms with van der Waals surface area (Å²) >= 11 is 0. The van der Waals surface area contributed by atoms with E-state index in [4.69, 9.17) is 9.47 Å². The zero-order valence-electron chi connectivity index (χ0n) is 13.7. The molecule has 2 unspecified atom stereocenters. The number of hydrogen-bond donors (Lipinski definition) is 2. The number of rotatable bonds is 9. The molecule has 11 nitrogen and oxygen atoms in total. The molecule has 0 spiro atoms. The van der Waals surface area contributed by atoms with Crippen LogP contribution in [-0.4, -0.2) is 65.1 Å². The van der Waals surface area contributed by atoms with Crippen molar-refractivity contribution in [2.24, 2.45) is 0 Å². The Bertz CT molecular complexity index is 586. The molecule has 0 aromatic rings. The standard InChI is InChI=1S/C14H19NO10/c1-10(16)22-5-7-24-13(18)3-4-14(19,12(9-13)15(20)21)25-8-6-23-11(2)17/h3-4,9,18-19H,5-8H2,1-2H3. The van der Waals surface area contributed by atoms with E-state index in [-0.39, 0.29) is 26.4 Å². The minimum Gasteiger partial charge on any atom is -0.463 e. The third kappa shape index (κ3) is 6.58. The van der Waals surface area contributed by atoms with Gasteiger partial charge in [0.05, 0.1) is 24.2 Å². The quantitative estimate of drug-likeness (QED) is 0.134. The van der Waals surface area contributed by atoms with E-state index in [1.165, 1.54) is 13.8 Å². The molecule has 0 aromatic heterocycles. The molecule has 0 fully saturated rings. The van der Waals surface area contributed by atoms with Crippen LogP contribution in [0, 0.1) is 10.1 Å². The van der Waals surface area contributed by atoms with E-state index in [0.717, 1.165) is 12.2 Å². The van der Waals surface area contributed by atoms with Crippen molar-refractivity contribution in [2.45, 2.75) is 25.4 Å². The third-order valence-corrected chi connectivity index (χ3v) is 2.89. The van der Waals surface area contributed by atoms with Gasteiger partial charge in [-0.25, -0.2) is 0 Å². The van der Waals surface area contributed by atoms with Crippen LogP contribution >= 0.6 is 0 Å². The van der Waals surface area contributed by atoms with Crippen molar-refractivity contribution in [1.82, 2.24) is 0 Å². The summed E-state index contributed by atoms with van der Waals surface area (Å²) in [5, 5.41) is 31.6. The van der Waals surface area contributed by atoms with Gasteiger partial charge in [-0.3, -0.25) is 19.7 Å². The van der Waals surface area contributed by atoms with Gasteiger partial charge in [-0.05, 0) is 12.2 Å². The first-order valence-electron chi connectivity index (χ1n) is 7.15. The lowest BCUT2D eigenvalue weighted by Crippen LogP contribution is -2.44. The summed E-state index contributed by atoms with van der Waals surface area (Å²) in [6.07, 6.45) is 2.44. The predicted octanol–water partition coefficient (Wildman–Crippen LogP) is -0.747. The van der Waals surface area contributed by atoms with Gasteiger partial charge in [0.2, 0.25) is 5.79 Å². The van der Waals surface area contributed by atoms with E-state index >= 15 is 0 Å². The van der Waals surface area contributed by atoms with Gasteiger partial charge in [-0.15, -0.1) is 0 Å². The smallest absolute Gasteiger partial charge is 0.311 e. The van der Waals surface area contributed by atoms with E-state index in [1.54, 1.807) is 0 Å². The number of carbonyl (C=O) groups excluding carboxylic acids is 2. The van der Waals surface area contributed by atoms with Crippen molar-refractivity contribution in [3.63, 3.8) is 0 Å². The summed E-state index contributed by atoms with van der Waals surface area (Å²) < 4.78 is 19.2. The first-order valence-corrected chi connectivity index (χ1v) is 7.15. The van der Waals surface area contributed by atoms with Crippen molar-refractivity contribution in [1.29, 1.82) is 0 Å². The Morgan fingerprint density at radius 3 is 2.04 bits per heavy atom. The lowest BCUT2D eigenvalue weighted by Gasteiger charge is -2.30. The highest BCUT2D eigenvalue weighted by Gasteiger charge is 2.47. The van der Waals surface area contributed by atoms with Crippen LogP contribution in [0.1, 0.15) is 13.8 Å². The lowest BCUT2D eigenvalue weighted by atomic mass is 10.0. The molecule has 1 rings (SSSR count). The summed E-state index contributed by atoms with van der Waals surface area (Å²) in [5.74, 6) is -5.74. The molecule has 0 heterocycles. The summed E-state index contributed by atoms with van der Waals surface area (Å²) in [6.45, 7) is 1.40. The molecule has 0 radical (unpaired) electrons. The molecule has 140 valence electrons. The number of carbonyl (C=O) groups is 2. The molecule has 11 heteroatoms. The second-order valence-corrected chi connectivity index (χ2v) is 4.95. The first kappa shape index (κ1) is 20.7. The maximum Gasteiger partial charge on any atom is 0.311 e. The van der Waals surface area contributed by atoms with Crippen molar-refractivity contribution in [3.8, 4) is 0 Å². The summed E-state index contributed by atoms with van der Waals surface area (Å²) in [5.41, 5.74) is -0.882. The van der Waals surface area contributed by atoms with Gasteiger partial charge >= 0.3 is 17.6 Å². The first-order chi connectivity index (χ1) is 11.6. The highest BCUT2D eigenvalue weighted by Crippen LogP contribution is 2.30. The molecule has 0 saturated carbocycles. The fourth-order valence-electron chi connectivity index (χ4n) is 1.83. The van der Waals surface area contributed by atoms with Gasteiger partial charge in [-0.1, -0.05) is 0 Å². The maximum atomic E-state index is 11.2. The number of ether oxygens (including phenoxy) is 4. The average Bonchev–Trinajstić information content (AvgIpc) is 2.51. The number of aliphatic hydroxyl groups is 2. The predicted molar refractivity (Wildman–Crippen MR) is 79.3 cm³/mol. The van der Waals surface area contributed by atoms with Crippen molar-refractivity contribution < 1.29 is 43.7 Å². The molecule has 2 N–H and O–H groups in total. The monoisotopic (exact) mass is 361 g/mol. The summed E-state index contributed by atoms with van der Waals surface area (Å²) in [4.78, 5) is 31.5. The highest BCUT2D eigenvalue weighted by atomic mass is 16.7. The fraction of sp³-hybridized carbons (Fsp3) is 0.571. The number of nitrogens with zero attached hydrogens (tertiary/aromatic N) is 1. The molecule has 1 aliphatic carbocycles. The van der Waals surface area contributed by atoms with Crippen LogP contribution in [0.5, 0.6) is 0 Å². The molecule has 1 aliphatic rings.